The topological polar surface area (TPSA) is 150 Å². The molecular formula is C13H14N8O3. The van der Waals surface area contributed by atoms with Gasteiger partial charge in [-0.2, -0.15) is 9.78 Å². The second-order valence-corrected chi connectivity index (χ2v) is 4.78. The molecule has 0 unspecified atom stereocenters. The van der Waals surface area contributed by atoms with Crippen LogP contribution in [0, 0.1) is 0 Å². The van der Waals surface area contributed by atoms with Gasteiger partial charge in [-0.15, -0.1) is 5.10 Å². The molecule has 3 heterocycles. The Morgan fingerprint density at radius 3 is 3.04 bits per heavy atom. The van der Waals surface area contributed by atoms with E-state index in [0.29, 0.717) is 17.7 Å². The van der Waals surface area contributed by atoms with Gasteiger partial charge in [0.2, 0.25) is 11.6 Å². The maximum atomic E-state index is 12.3. The average Bonchev–Trinajstić information content (AvgIpc) is 3.29. The van der Waals surface area contributed by atoms with Crippen LogP contribution in [-0.2, 0) is 6.42 Å². The summed E-state index contributed by atoms with van der Waals surface area (Å²) in [7, 11) is 0. The van der Waals surface area contributed by atoms with Gasteiger partial charge in [-0.3, -0.25) is 4.79 Å². The first-order valence-electron chi connectivity index (χ1n) is 7.09. The number of nitrogens with one attached hydrogen (secondary N) is 1. The first-order valence-corrected chi connectivity index (χ1v) is 7.09. The minimum atomic E-state index is -0.500. The van der Waals surface area contributed by atoms with E-state index in [1.807, 2.05) is 6.92 Å². The van der Waals surface area contributed by atoms with Crippen LogP contribution in [0.5, 0.6) is 0 Å². The van der Waals surface area contributed by atoms with E-state index in [0.717, 1.165) is 6.42 Å². The van der Waals surface area contributed by atoms with E-state index in [1.165, 1.54) is 23.4 Å². The number of hydrogen-bond donors (Lipinski definition) is 2. The maximum Gasteiger partial charge on any atom is 0.293 e. The summed E-state index contributed by atoms with van der Waals surface area (Å²) in [6, 6.07) is 1.70. The van der Waals surface area contributed by atoms with Crippen LogP contribution >= 0.6 is 0 Å². The molecule has 0 aromatic carbocycles. The van der Waals surface area contributed by atoms with Crippen LogP contribution in [0.25, 0.3) is 5.82 Å². The van der Waals surface area contributed by atoms with E-state index >= 15 is 0 Å². The van der Waals surface area contributed by atoms with Crippen LogP contribution < -0.4 is 11.2 Å². The number of hydrogen-bond acceptors (Lipinski definition) is 9. The summed E-state index contributed by atoms with van der Waals surface area (Å²) < 4.78 is 10.8. The molecule has 3 rings (SSSR count). The molecule has 0 spiro atoms. The predicted molar refractivity (Wildman–Crippen MR) is 81.4 cm³/mol. The molecule has 0 saturated heterocycles. The third-order valence-corrected chi connectivity index (χ3v) is 3.08. The number of rotatable bonds is 6. The summed E-state index contributed by atoms with van der Waals surface area (Å²) in [5.41, 5.74) is 9.44. The van der Waals surface area contributed by atoms with Gasteiger partial charge in [0.05, 0.1) is 24.4 Å². The molecule has 24 heavy (non-hydrogen) atoms. The van der Waals surface area contributed by atoms with Gasteiger partial charge in [-0.1, -0.05) is 18.6 Å². The van der Waals surface area contributed by atoms with E-state index in [1.54, 1.807) is 6.07 Å². The highest BCUT2D eigenvalue weighted by atomic mass is 16.6. The molecule has 11 nitrogen and oxygen atoms in total. The highest BCUT2D eigenvalue weighted by molar-refractivity contribution is 5.94. The number of carbonyl (C=O) groups excluding carboxylic acids is 1. The van der Waals surface area contributed by atoms with Gasteiger partial charge in [0.15, 0.2) is 5.69 Å². The smallest absolute Gasteiger partial charge is 0.293 e. The lowest BCUT2D eigenvalue weighted by Gasteiger charge is -2.03. The number of carbonyl (C=O) groups is 1. The SMILES string of the molecule is CCCc1c(C(=O)N/N=C\c2ccoc2)nnn1-c1nonc1N. The first kappa shape index (κ1) is 15.4. The normalized spacial score (nSPS) is 11.2. The number of hydrazone groups is 1. The van der Waals surface area contributed by atoms with Crippen LogP contribution in [0.1, 0.15) is 35.1 Å². The van der Waals surface area contributed by atoms with E-state index < -0.39 is 5.91 Å². The predicted octanol–water partition coefficient (Wildman–Crippen LogP) is 0.542. The fraction of sp³-hybridized carbons (Fsp3) is 0.231. The number of anilines is 1. The minimum absolute atomic E-state index is 0.0576. The van der Waals surface area contributed by atoms with E-state index in [-0.39, 0.29) is 17.3 Å². The molecule has 0 atom stereocenters. The van der Waals surface area contributed by atoms with Gasteiger partial charge >= 0.3 is 0 Å². The zero-order chi connectivity index (χ0) is 16.9. The Hall–Kier alpha value is -3.50. The third-order valence-electron chi connectivity index (χ3n) is 3.08. The largest absolute Gasteiger partial charge is 0.472 e. The third kappa shape index (κ3) is 2.99. The molecule has 0 radical (unpaired) electrons. The molecule has 0 aliphatic carbocycles. The lowest BCUT2D eigenvalue weighted by atomic mass is 10.2. The van der Waals surface area contributed by atoms with Crippen molar-refractivity contribution in [3.8, 4) is 5.82 Å². The Labute approximate surface area is 135 Å². The van der Waals surface area contributed by atoms with Crippen molar-refractivity contribution in [2.45, 2.75) is 19.8 Å². The molecule has 1 amide bonds. The quantitative estimate of drug-likeness (QED) is 0.491. The highest BCUT2D eigenvalue weighted by Gasteiger charge is 2.23. The highest BCUT2D eigenvalue weighted by Crippen LogP contribution is 2.17. The standard InChI is InChI=1S/C13H14N8O3/c1-2-3-9-10(13(22)17-15-6-8-4-5-23-7-8)16-20-21(9)12-11(14)18-24-19-12/h4-7H,2-3H2,1H3,(H2,14,18)(H,17,22)/b15-6-. The van der Waals surface area contributed by atoms with Gasteiger partial charge in [0.1, 0.15) is 0 Å². The van der Waals surface area contributed by atoms with Crippen molar-refractivity contribution in [3.05, 3.63) is 35.5 Å². The fourth-order valence-electron chi connectivity index (χ4n) is 2.01. The Bertz CT molecular complexity index is 849. The monoisotopic (exact) mass is 330 g/mol. The molecule has 11 heteroatoms. The second-order valence-electron chi connectivity index (χ2n) is 4.78. The molecule has 0 aliphatic heterocycles. The lowest BCUT2D eigenvalue weighted by molar-refractivity contribution is 0.0949. The first-order chi connectivity index (χ1) is 11.7. The van der Waals surface area contributed by atoms with Gasteiger partial charge in [-0.25, -0.2) is 10.1 Å². The number of amides is 1. The number of furan rings is 1. The summed E-state index contributed by atoms with van der Waals surface area (Å²) in [6.07, 6.45) is 5.74. The van der Waals surface area contributed by atoms with Gasteiger partial charge in [0.25, 0.3) is 5.91 Å². The van der Waals surface area contributed by atoms with Crippen LogP contribution in [0.15, 0.2) is 32.7 Å². The molecule has 0 aliphatic rings. The Morgan fingerprint density at radius 1 is 1.50 bits per heavy atom. The number of aromatic nitrogens is 5. The Kier molecular flexibility index (Phi) is 4.32. The zero-order valence-electron chi connectivity index (χ0n) is 12.7. The van der Waals surface area contributed by atoms with Gasteiger partial charge < -0.3 is 10.2 Å². The van der Waals surface area contributed by atoms with Gasteiger partial charge in [0, 0.05) is 5.56 Å². The number of nitrogens with two attached hydrogens (primary N) is 1. The van der Waals surface area contributed by atoms with Crippen molar-refractivity contribution in [1.82, 2.24) is 30.7 Å². The van der Waals surface area contributed by atoms with Crippen LogP contribution in [0.2, 0.25) is 0 Å². The molecule has 3 aromatic rings. The average molecular weight is 330 g/mol. The van der Waals surface area contributed by atoms with Crippen molar-refractivity contribution in [1.29, 1.82) is 0 Å². The molecule has 0 saturated carbocycles. The molecule has 124 valence electrons. The lowest BCUT2D eigenvalue weighted by Crippen LogP contribution is -2.20. The van der Waals surface area contributed by atoms with Crippen molar-refractivity contribution in [3.63, 3.8) is 0 Å². The summed E-state index contributed by atoms with van der Waals surface area (Å²) in [5, 5.41) is 18.8. The van der Waals surface area contributed by atoms with Gasteiger partial charge in [-0.05, 0) is 22.8 Å². The number of nitrogens with zero attached hydrogens (tertiary/aromatic N) is 6. The summed E-state index contributed by atoms with van der Waals surface area (Å²) in [5.74, 6) is -0.256. The van der Waals surface area contributed by atoms with Crippen molar-refractivity contribution < 1.29 is 13.8 Å². The van der Waals surface area contributed by atoms with Crippen molar-refractivity contribution in [2.24, 2.45) is 5.10 Å². The second kappa shape index (κ2) is 6.73. The molecule has 3 aromatic heterocycles. The van der Waals surface area contributed by atoms with E-state index in [4.69, 9.17) is 10.2 Å². The fourth-order valence-corrected chi connectivity index (χ4v) is 2.01. The Morgan fingerprint density at radius 2 is 2.38 bits per heavy atom. The minimum Gasteiger partial charge on any atom is -0.472 e. The molecule has 0 fully saturated rings. The molecule has 0 bridgehead atoms. The van der Waals surface area contributed by atoms with Crippen LogP contribution in [0.3, 0.4) is 0 Å². The van der Waals surface area contributed by atoms with Crippen molar-refractivity contribution >= 4 is 17.9 Å². The van der Waals surface area contributed by atoms with E-state index in [9.17, 15) is 4.79 Å². The van der Waals surface area contributed by atoms with Crippen LogP contribution in [-0.4, -0.2) is 37.4 Å². The van der Waals surface area contributed by atoms with Crippen LogP contribution in [0.4, 0.5) is 5.82 Å². The zero-order valence-corrected chi connectivity index (χ0v) is 12.7. The molecule has 3 N–H and O–H groups in total. The number of nitrogen functional groups attached to an aromatic ring is 1. The Balaban J connectivity index is 1.83. The molecular weight excluding hydrogens is 316 g/mol. The summed E-state index contributed by atoms with van der Waals surface area (Å²) in [6.45, 7) is 1.96. The summed E-state index contributed by atoms with van der Waals surface area (Å²) >= 11 is 0. The van der Waals surface area contributed by atoms with Crippen molar-refractivity contribution in [2.75, 3.05) is 5.73 Å². The van der Waals surface area contributed by atoms with E-state index in [2.05, 4.69) is 35.8 Å². The summed E-state index contributed by atoms with van der Waals surface area (Å²) in [4.78, 5) is 12.3. The maximum absolute atomic E-state index is 12.3.